The lowest BCUT2D eigenvalue weighted by Crippen LogP contribution is -2.42. The molecule has 0 saturated heterocycles. The molecule has 2 aromatic rings. The van der Waals surface area contributed by atoms with Gasteiger partial charge < -0.3 is 19.9 Å². The summed E-state index contributed by atoms with van der Waals surface area (Å²) in [5.41, 5.74) is 1.61. The Bertz CT molecular complexity index is 663. The Morgan fingerprint density at radius 3 is 2.40 bits per heavy atom. The van der Waals surface area contributed by atoms with E-state index in [0.717, 1.165) is 31.3 Å². The van der Waals surface area contributed by atoms with E-state index in [-0.39, 0.29) is 29.4 Å². The zero-order valence-electron chi connectivity index (χ0n) is 14.9. The second-order valence-corrected chi connectivity index (χ2v) is 6.28. The highest BCUT2D eigenvalue weighted by atomic mass is 127. The topological polar surface area (TPSA) is 50.6 Å². The van der Waals surface area contributed by atoms with E-state index in [9.17, 15) is 0 Å². The maximum absolute atomic E-state index is 5.25. The maximum Gasteiger partial charge on any atom is 0.191 e. The van der Waals surface area contributed by atoms with Gasteiger partial charge in [0, 0.05) is 44.5 Å². The van der Waals surface area contributed by atoms with Crippen molar-refractivity contribution in [1.29, 1.82) is 0 Å². The molecule has 1 aliphatic carbocycles. The molecule has 0 radical (unpaired) electrons. The van der Waals surface area contributed by atoms with Crippen LogP contribution in [-0.2, 0) is 12.0 Å². The fourth-order valence-corrected chi connectivity index (χ4v) is 2.96. The van der Waals surface area contributed by atoms with Crippen LogP contribution in [0.3, 0.4) is 0 Å². The van der Waals surface area contributed by atoms with Gasteiger partial charge in [-0.2, -0.15) is 0 Å². The first-order chi connectivity index (χ1) is 11.8. The van der Waals surface area contributed by atoms with Crippen molar-refractivity contribution < 1.29 is 4.74 Å². The second-order valence-electron chi connectivity index (χ2n) is 6.28. The van der Waals surface area contributed by atoms with Gasteiger partial charge in [0.2, 0.25) is 0 Å². The molecule has 1 aromatic carbocycles. The van der Waals surface area contributed by atoms with Gasteiger partial charge in [-0.3, -0.25) is 4.99 Å². The number of hydrogen-bond acceptors (Lipinski definition) is 2. The third-order valence-electron chi connectivity index (χ3n) is 4.70. The molecular weight excluding hydrogens is 427 g/mol. The van der Waals surface area contributed by atoms with Crippen molar-refractivity contribution in [3.63, 3.8) is 0 Å². The van der Waals surface area contributed by atoms with Crippen LogP contribution in [0.15, 0.2) is 53.8 Å². The van der Waals surface area contributed by atoms with Crippen molar-refractivity contribution in [2.45, 2.75) is 24.8 Å². The molecule has 25 heavy (non-hydrogen) atoms. The number of aliphatic imine (C=N–C) groups is 1. The van der Waals surface area contributed by atoms with Crippen molar-refractivity contribution in [2.24, 2.45) is 4.99 Å². The number of nitrogens with zero attached hydrogens (tertiary/aromatic N) is 2. The highest BCUT2D eigenvalue weighted by molar-refractivity contribution is 14.0. The van der Waals surface area contributed by atoms with E-state index in [1.54, 1.807) is 7.11 Å². The molecule has 1 saturated carbocycles. The van der Waals surface area contributed by atoms with E-state index in [1.165, 1.54) is 18.4 Å². The molecule has 0 bridgehead atoms. The molecule has 5 nitrogen and oxygen atoms in total. The average Bonchev–Trinajstić information content (AvgIpc) is 3.24. The summed E-state index contributed by atoms with van der Waals surface area (Å²) in [5.74, 6) is 1.77. The van der Waals surface area contributed by atoms with E-state index in [0.29, 0.717) is 0 Å². The van der Waals surface area contributed by atoms with Gasteiger partial charge in [0.15, 0.2) is 5.96 Å². The minimum Gasteiger partial charge on any atom is -0.497 e. The molecule has 136 valence electrons. The zero-order valence-corrected chi connectivity index (χ0v) is 17.2. The number of hydrogen-bond donors (Lipinski definition) is 2. The van der Waals surface area contributed by atoms with Gasteiger partial charge in [0.25, 0.3) is 0 Å². The number of rotatable bonds is 7. The maximum atomic E-state index is 5.25. The van der Waals surface area contributed by atoms with Crippen LogP contribution in [-0.4, -0.2) is 37.8 Å². The number of benzene rings is 1. The Hall–Kier alpha value is -1.70. The third-order valence-corrected chi connectivity index (χ3v) is 4.70. The number of halogens is 1. The first kappa shape index (κ1) is 19.6. The van der Waals surface area contributed by atoms with Crippen LogP contribution in [0, 0.1) is 0 Å². The van der Waals surface area contributed by atoms with Crippen molar-refractivity contribution >= 4 is 29.9 Å². The van der Waals surface area contributed by atoms with Gasteiger partial charge in [-0.05, 0) is 42.7 Å². The fourth-order valence-electron chi connectivity index (χ4n) is 2.96. The molecule has 1 aromatic heterocycles. The van der Waals surface area contributed by atoms with E-state index < -0.39 is 0 Å². The second kappa shape index (κ2) is 9.12. The number of aromatic nitrogens is 1. The smallest absolute Gasteiger partial charge is 0.191 e. The van der Waals surface area contributed by atoms with Crippen LogP contribution in [0.1, 0.15) is 18.4 Å². The summed E-state index contributed by atoms with van der Waals surface area (Å²) in [5, 5.41) is 6.85. The highest BCUT2D eigenvalue weighted by Crippen LogP contribution is 2.47. The summed E-state index contributed by atoms with van der Waals surface area (Å²) in [7, 11) is 3.52. The zero-order chi connectivity index (χ0) is 16.8. The molecule has 0 amide bonds. The Balaban J connectivity index is 0.00000225. The summed E-state index contributed by atoms with van der Waals surface area (Å²) in [6.45, 7) is 2.68. The lowest BCUT2D eigenvalue weighted by atomic mass is 9.96. The van der Waals surface area contributed by atoms with E-state index in [1.807, 2.05) is 31.3 Å². The Kier molecular flexibility index (Phi) is 7.16. The van der Waals surface area contributed by atoms with E-state index in [2.05, 4.69) is 44.7 Å². The highest BCUT2D eigenvalue weighted by Gasteiger charge is 2.44. The number of nitrogens with one attached hydrogen (secondary N) is 2. The summed E-state index contributed by atoms with van der Waals surface area (Å²) < 4.78 is 7.40. The van der Waals surface area contributed by atoms with Crippen molar-refractivity contribution in [3.8, 4) is 5.75 Å². The number of guanidine groups is 1. The molecule has 0 unspecified atom stereocenters. The summed E-state index contributed by atoms with van der Waals surface area (Å²) in [6, 6.07) is 12.5. The molecule has 6 heteroatoms. The summed E-state index contributed by atoms with van der Waals surface area (Å²) in [6.07, 6.45) is 6.57. The van der Waals surface area contributed by atoms with E-state index >= 15 is 0 Å². The SMILES string of the molecule is CN=C(NCCn1cccc1)NCC1(c2ccc(OC)cc2)CC1.I. The van der Waals surface area contributed by atoms with Gasteiger partial charge >= 0.3 is 0 Å². The molecule has 2 N–H and O–H groups in total. The predicted octanol–water partition coefficient (Wildman–Crippen LogP) is 3.01. The molecular formula is C19H27IN4O. The molecule has 3 rings (SSSR count). The Morgan fingerprint density at radius 1 is 1.16 bits per heavy atom. The third kappa shape index (κ3) is 5.14. The normalized spacial score (nSPS) is 15.2. The average molecular weight is 454 g/mol. The molecule has 1 aliphatic rings. The Labute approximate surface area is 166 Å². The van der Waals surface area contributed by atoms with Crippen LogP contribution in [0.25, 0.3) is 0 Å². The van der Waals surface area contributed by atoms with Crippen LogP contribution in [0.2, 0.25) is 0 Å². The first-order valence-electron chi connectivity index (χ1n) is 8.45. The molecule has 1 fully saturated rings. The lowest BCUT2D eigenvalue weighted by molar-refractivity contribution is 0.414. The predicted molar refractivity (Wildman–Crippen MR) is 113 cm³/mol. The standard InChI is InChI=1S/C19H26N4O.HI/c1-20-18(21-11-14-23-12-3-4-13-23)22-15-19(9-10-19)16-5-7-17(24-2)8-6-16;/h3-8,12-13H,9-11,14-15H2,1-2H3,(H2,20,21,22);1H. The van der Waals surface area contributed by atoms with Crippen LogP contribution < -0.4 is 15.4 Å². The minimum absolute atomic E-state index is 0. The monoisotopic (exact) mass is 454 g/mol. The van der Waals surface area contributed by atoms with Crippen molar-refractivity contribution in [3.05, 3.63) is 54.4 Å². The Morgan fingerprint density at radius 2 is 1.84 bits per heavy atom. The van der Waals surface area contributed by atoms with Gasteiger partial charge in [0.1, 0.15) is 5.75 Å². The van der Waals surface area contributed by atoms with E-state index in [4.69, 9.17) is 4.74 Å². The number of methoxy groups -OCH3 is 1. The van der Waals surface area contributed by atoms with Gasteiger partial charge in [-0.25, -0.2) is 0 Å². The van der Waals surface area contributed by atoms with Crippen LogP contribution in [0.4, 0.5) is 0 Å². The van der Waals surface area contributed by atoms with Gasteiger partial charge in [-0.15, -0.1) is 24.0 Å². The fraction of sp³-hybridized carbons (Fsp3) is 0.421. The van der Waals surface area contributed by atoms with Crippen molar-refractivity contribution in [2.75, 3.05) is 27.2 Å². The molecule has 0 spiro atoms. The lowest BCUT2D eigenvalue weighted by Gasteiger charge is -2.19. The summed E-state index contributed by atoms with van der Waals surface area (Å²) in [4.78, 5) is 4.32. The number of ether oxygens (including phenoxy) is 1. The minimum atomic E-state index is 0. The summed E-state index contributed by atoms with van der Waals surface area (Å²) >= 11 is 0. The van der Waals surface area contributed by atoms with Gasteiger partial charge in [-0.1, -0.05) is 12.1 Å². The molecule has 1 heterocycles. The molecule has 0 atom stereocenters. The van der Waals surface area contributed by atoms with Crippen LogP contribution >= 0.6 is 24.0 Å². The quantitative estimate of drug-likeness (QED) is 0.384. The van der Waals surface area contributed by atoms with Gasteiger partial charge in [0.05, 0.1) is 7.11 Å². The van der Waals surface area contributed by atoms with Crippen LogP contribution in [0.5, 0.6) is 5.75 Å². The molecule has 0 aliphatic heterocycles. The van der Waals surface area contributed by atoms with Crippen molar-refractivity contribution in [1.82, 2.24) is 15.2 Å². The first-order valence-corrected chi connectivity index (χ1v) is 8.45. The largest absolute Gasteiger partial charge is 0.497 e.